The van der Waals surface area contributed by atoms with Crippen molar-refractivity contribution in [3.05, 3.63) is 36.4 Å². The fourth-order valence-electron chi connectivity index (χ4n) is 1.18. The van der Waals surface area contributed by atoms with Crippen molar-refractivity contribution in [1.82, 2.24) is 19.5 Å². The van der Waals surface area contributed by atoms with Gasteiger partial charge in [-0.3, -0.25) is 0 Å². The summed E-state index contributed by atoms with van der Waals surface area (Å²) in [6.07, 6.45) is 7.03. The molecule has 2 aromatic rings. The summed E-state index contributed by atoms with van der Waals surface area (Å²) in [7, 11) is 1.91. The van der Waals surface area contributed by atoms with Crippen molar-refractivity contribution in [1.29, 1.82) is 0 Å². The van der Waals surface area contributed by atoms with Crippen LogP contribution in [0.4, 0.5) is 0 Å². The second-order valence-corrected chi connectivity index (χ2v) is 2.92. The van der Waals surface area contributed by atoms with Crippen LogP contribution in [0.3, 0.4) is 0 Å². The molecule has 1 atom stereocenters. The van der Waals surface area contributed by atoms with Crippen molar-refractivity contribution in [2.75, 3.05) is 0 Å². The van der Waals surface area contributed by atoms with Crippen LogP contribution in [-0.2, 0) is 7.05 Å². The Morgan fingerprint density at radius 1 is 1.54 bits per heavy atom. The monoisotopic (exact) mass is 177 g/mol. The van der Waals surface area contributed by atoms with Gasteiger partial charge in [-0.05, 0) is 0 Å². The maximum absolute atomic E-state index is 5.90. The third-order valence-electron chi connectivity index (χ3n) is 1.86. The number of nitrogens with zero attached hydrogens (tertiary/aromatic N) is 3. The van der Waals surface area contributed by atoms with Crippen LogP contribution in [0, 0.1) is 0 Å². The molecule has 0 saturated carbocycles. The van der Waals surface area contributed by atoms with Crippen LogP contribution in [0.25, 0.3) is 0 Å². The molecule has 2 heterocycles. The van der Waals surface area contributed by atoms with E-state index in [0.717, 1.165) is 11.5 Å². The van der Waals surface area contributed by atoms with Crippen LogP contribution < -0.4 is 5.73 Å². The van der Waals surface area contributed by atoms with E-state index in [1.165, 1.54) is 0 Å². The normalized spacial score (nSPS) is 13.1. The summed E-state index contributed by atoms with van der Waals surface area (Å²) in [6.45, 7) is 0. The summed E-state index contributed by atoms with van der Waals surface area (Å²) >= 11 is 0. The van der Waals surface area contributed by atoms with Crippen molar-refractivity contribution < 1.29 is 0 Å². The van der Waals surface area contributed by atoms with E-state index in [9.17, 15) is 0 Å². The molecule has 2 rings (SSSR count). The number of hydrogen-bond donors (Lipinski definition) is 2. The van der Waals surface area contributed by atoms with Gasteiger partial charge < -0.3 is 15.3 Å². The molecule has 0 aromatic carbocycles. The zero-order chi connectivity index (χ0) is 9.26. The van der Waals surface area contributed by atoms with Gasteiger partial charge in [-0.2, -0.15) is 0 Å². The first-order valence-corrected chi connectivity index (χ1v) is 4.00. The van der Waals surface area contributed by atoms with Gasteiger partial charge in [0.2, 0.25) is 0 Å². The van der Waals surface area contributed by atoms with Crippen LogP contribution in [0.5, 0.6) is 0 Å². The number of hydrogen-bond acceptors (Lipinski definition) is 3. The number of aromatic amines is 1. The third-order valence-corrected chi connectivity index (χ3v) is 1.86. The van der Waals surface area contributed by atoms with Gasteiger partial charge in [0.05, 0.1) is 12.0 Å². The van der Waals surface area contributed by atoms with Gasteiger partial charge in [0.25, 0.3) is 0 Å². The second kappa shape index (κ2) is 3.02. The number of imidazole rings is 2. The Labute approximate surface area is 75.6 Å². The van der Waals surface area contributed by atoms with Gasteiger partial charge in [-0.1, -0.05) is 0 Å². The van der Waals surface area contributed by atoms with Gasteiger partial charge >= 0.3 is 0 Å². The molecule has 5 heteroatoms. The molecule has 0 aliphatic carbocycles. The molecular weight excluding hydrogens is 166 g/mol. The van der Waals surface area contributed by atoms with Crippen molar-refractivity contribution in [2.24, 2.45) is 12.8 Å². The largest absolute Gasteiger partial charge is 0.347 e. The number of aryl methyl sites for hydroxylation is 1. The zero-order valence-corrected chi connectivity index (χ0v) is 7.31. The minimum Gasteiger partial charge on any atom is -0.347 e. The lowest BCUT2D eigenvalue weighted by molar-refractivity contribution is 0.775. The van der Waals surface area contributed by atoms with E-state index in [2.05, 4.69) is 15.0 Å². The van der Waals surface area contributed by atoms with Gasteiger partial charge in [0.1, 0.15) is 11.9 Å². The highest BCUT2D eigenvalue weighted by Gasteiger charge is 2.12. The lowest BCUT2D eigenvalue weighted by Crippen LogP contribution is -2.13. The van der Waals surface area contributed by atoms with Crippen LogP contribution >= 0.6 is 0 Å². The lowest BCUT2D eigenvalue weighted by atomic mass is 10.2. The predicted octanol–water partition coefficient (Wildman–Crippen LogP) is 0.191. The average molecular weight is 177 g/mol. The molecule has 0 radical (unpaired) electrons. The third kappa shape index (κ3) is 1.46. The first kappa shape index (κ1) is 8.00. The maximum Gasteiger partial charge on any atom is 0.129 e. The topological polar surface area (TPSA) is 72.5 Å². The van der Waals surface area contributed by atoms with E-state index < -0.39 is 0 Å². The lowest BCUT2D eigenvalue weighted by Gasteiger charge is -2.03. The molecular formula is C8H11N5. The molecule has 0 amide bonds. The highest BCUT2D eigenvalue weighted by molar-refractivity contribution is 5.13. The number of H-pyrrole nitrogens is 1. The Kier molecular flexibility index (Phi) is 1.86. The molecule has 3 N–H and O–H groups in total. The van der Waals surface area contributed by atoms with E-state index in [0.29, 0.717) is 0 Å². The predicted molar refractivity (Wildman–Crippen MR) is 47.8 cm³/mol. The molecule has 0 saturated heterocycles. The molecule has 0 aliphatic heterocycles. The average Bonchev–Trinajstić information content (AvgIpc) is 2.72. The number of rotatable bonds is 2. The molecule has 5 nitrogen and oxygen atoms in total. The van der Waals surface area contributed by atoms with Crippen LogP contribution in [0.2, 0.25) is 0 Å². The van der Waals surface area contributed by atoms with Crippen molar-refractivity contribution in [3.8, 4) is 0 Å². The Hall–Kier alpha value is -1.62. The Bertz CT molecular complexity index is 375. The first-order chi connectivity index (χ1) is 6.27. The molecule has 68 valence electrons. The smallest absolute Gasteiger partial charge is 0.129 e. The fourth-order valence-corrected chi connectivity index (χ4v) is 1.18. The summed E-state index contributed by atoms with van der Waals surface area (Å²) in [5, 5.41) is 0. The van der Waals surface area contributed by atoms with E-state index in [4.69, 9.17) is 5.73 Å². The van der Waals surface area contributed by atoms with E-state index in [-0.39, 0.29) is 6.04 Å². The number of nitrogens with two attached hydrogens (primary N) is 1. The molecule has 1 unspecified atom stereocenters. The number of nitrogens with one attached hydrogen (secondary N) is 1. The summed E-state index contributed by atoms with van der Waals surface area (Å²) < 4.78 is 1.86. The fraction of sp³-hybridized carbons (Fsp3) is 0.250. The van der Waals surface area contributed by atoms with Crippen molar-refractivity contribution in [2.45, 2.75) is 6.04 Å². The molecule has 0 bridgehead atoms. The van der Waals surface area contributed by atoms with Crippen LogP contribution in [-0.4, -0.2) is 19.5 Å². The summed E-state index contributed by atoms with van der Waals surface area (Å²) in [6, 6.07) is -0.267. The SMILES string of the molecule is Cn1cnc(C(N)c2ncc[nH]2)c1. The molecule has 2 aromatic heterocycles. The summed E-state index contributed by atoms with van der Waals surface area (Å²) in [5.74, 6) is 0.735. The zero-order valence-electron chi connectivity index (χ0n) is 7.31. The molecule has 13 heavy (non-hydrogen) atoms. The summed E-state index contributed by atoms with van der Waals surface area (Å²) in [5.41, 5.74) is 6.72. The Balaban J connectivity index is 2.28. The minimum absolute atomic E-state index is 0.267. The first-order valence-electron chi connectivity index (χ1n) is 4.00. The van der Waals surface area contributed by atoms with Gasteiger partial charge in [-0.25, -0.2) is 9.97 Å². The van der Waals surface area contributed by atoms with Gasteiger partial charge in [0.15, 0.2) is 0 Å². The Morgan fingerprint density at radius 2 is 2.38 bits per heavy atom. The number of aromatic nitrogens is 4. The van der Waals surface area contributed by atoms with Crippen LogP contribution in [0.1, 0.15) is 17.6 Å². The standard InChI is InChI=1S/C8H11N5/c1-13-4-6(12-5-13)7(9)8-10-2-3-11-8/h2-5,7H,9H2,1H3,(H,10,11). The minimum atomic E-state index is -0.267. The van der Waals surface area contributed by atoms with Crippen LogP contribution in [0.15, 0.2) is 24.9 Å². The molecule has 0 spiro atoms. The second-order valence-electron chi connectivity index (χ2n) is 2.92. The Morgan fingerprint density at radius 3 is 2.92 bits per heavy atom. The maximum atomic E-state index is 5.90. The molecule has 0 fully saturated rings. The van der Waals surface area contributed by atoms with E-state index >= 15 is 0 Å². The van der Waals surface area contributed by atoms with Crippen molar-refractivity contribution in [3.63, 3.8) is 0 Å². The quantitative estimate of drug-likeness (QED) is 0.687. The van der Waals surface area contributed by atoms with Gasteiger partial charge in [-0.15, -0.1) is 0 Å². The highest BCUT2D eigenvalue weighted by Crippen LogP contribution is 2.12. The van der Waals surface area contributed by atoms with Gasteiger partial charge in [0, 0.05) is 25.6 Å². The summed E-state index contributed by atoms with van der Waals surface area (Å²) in [4.78, 5) is 11.2. The van der Waals surface area contributed by atoms with E-state index in [1.807, 2.05) is 17.8 Å². The molecule has 0 aliphatic rings. The van der Waals surface area contributed by atoms with Crippen molar-refractivity contribution >= 4 is 0 Å². The highest BCUT2D eigenvalue weighted by atomic mass is 15.0. The van der Waals surface area contributed by atoms with E-state index in [1.54, 1.807) is 18.7 Å².